The average molecular weight is 102 g/mol. The summed E-state index contributed by atoms with van der Waals surface area (Å²) in [4.78, 5) is 0. The topological polar surface area (TPSA) is 9.23 Å². The van der Waals surface area contributed by atoms with E-state index in [-0.39, 0.29) is 13.2 Å². The second-order valence-electron chi connectivity index (χ2n) is 0.946. The minimum atomic E-state index is -0.457. The molecule has 0 rings (SSSR count). The first-order valence-electron chi connectivity index (χ1n) is 1.99. The molecule has 40 valence electrons. The van der Waals surface area contributed by atoms with Gasteiger partial charge in [0.05, 0.1) is 6.61 Å². The predicted octanol–water partition coefficient (Wildman–Crippen LogP) is 0.606. The average Bonchev–Trinajstić information content (AvgIpc) is 1.69. The molecule has 0 aromatic carbocycles. The van der Waals surface area contributed by atoms with Gasteiger partial charge < -0.3 is 4.74 Å². The van der Waals surface area contributed by atoms with Gasteiger partial charge in [-0.15, -0.1) is 6.42 Å². The highest BCUT2D eigenvalue weighted by molar-refractivity contribution is 4.82. The van der Waals surface area contributed by atoms with Crippen LogP contribution in [0.4, 0.5) is 4.39 Å². The molecule has 2 heteroatoms. The number of halogens is 1. The van der Waals surface area contributed by atoms with Crippen molar-refractivity contribution >= 4 is 0 Å². The van der Waals surface area contributed by atoms with Gasteiger partial charge in [-0.3, -0.25) is 0 Å². The molecule has 0 unspecified atom stereocenters. The number of ether oxygens (including phenoxy) is 1. The first-order chi connectivity index (χ1) is 3.41. The second-order valence-corrected chi connectivity index (χ2v) is 0.946. The Morgan fingerprint density at radius 1 is 1.71 bits per heavy atom. The molecule has 7 heavy (non-hydrogen) atoms. The first-order valence-corrected chi connectivity index (χ1v) is 1.99. The van der Waals surface area contributed by atoms with E-state index in [1.807, 2.05) is 0 Å². The minimum absolute atomic E-state index is 0.115. The molecule has 0 aliphatic rings. The monoisotopic (exact) mass is 102 g/mol. The quantitative estimate of drug-likeness (QED) is 0.374. The van der Waals surface area contributed by atoms with Gasteiger partial charge in [0.15, 0.2) is 0 Å². The fourth-order valence-corrected chi connectivity index (χ4v) is 0.186. The number of alkyl halides is 1. The molecular formula is C5H7FO. The summed E-state index contributed by atoms with van der Waals surface area (Å²) in [5, 5.41) is 0. The zero-order valence-corrected chi connectivity index (χ0v) is 3.98. The fraction of sp³-hybridized carbons (Fsp3) is 0.600. The third-order valence-electron chi connectivity index (χ3n) is 0.407. The highest BCUT2D eigenvalue weighted by Gasteiger charge is 1.77. The van der Waals surface area contributed by atoms with Crippen LogP contribution in [0.25, 0.3) is 0 Å². The van der Waals surface area contributed by atoms with Crippen molar-refractivity contribution in [2.24, 2.45) is 0 Å². The second kappa shape index (κ2) is 5.45. The lowest BCUT2D eigenvalue weighted by atomic mass is 10.7. The summed E-state index contributed by atoms with van der Waals surface area (Å²) in [6, 6.07) is 0. The van der Waals surface area contributed by atoms with Gasteiger partial charge in [-0.05, 0) is 0 Å². The molecule has 0 atom stereocenters. The van der Waals surface area contributed by atoms with Gasteiger partial charge in [-0.25, -0.2) is 4.39 Å². The highest BCUT2D eigenvalue weighted by Crippen LogP contribution is 1.71. The van der Waals surface area contributed by atoms with Crippen LogP contribution in [0.1, 0.15) is 0 Å². The van der Waals surface area contributed by atoms with Crippen LogP contribution >= 0.6 is 0 Å². The van der Waals surface area contributed by atoms with Crippen molar-refractivity contribution < 1.29 is 9.13 Å². The third-order valence-corrected chi connectivity index (χ3v) is 0.407. The van der Waals surface area contributed by atoms with E-state index >= 15 is 0 Å². The van der Waals surface area contributed by atoms with Crippen LogP contribution in [0.15, 0.2) is 0 Å². The molecule has 0 N–H and O–H groups in total. The molecule has 0 heterocycles. The van der Waals surface area contributed by atoms with E-state index < -0.39 is 6.67 Å². The largest absolute Gasteiger partial charge is 0.366 e. The van der Waals surface area contributed by atoms with E-state index in [0.717, 1.165) is 0 Å². The highest BCUT2D eigenvalue weighted by atomic mass is 19.1. The van der Waals surface area contributed by atoms with Crippen molar-refractivity contribution in [1.29, 1.82) is 0 Å². The van der Waals surface area contributed by atoms with E-state index in [2.05, 4.69) is 10.7 Å². The van der Waals surface area contributed by atoms with Gasteiger partial charge in [-0.1, -0.05) is 5.92 Å². The van der Waals surface area contributed by atoms with Crippen LogP contribution in [0.3, 0.4) is 0 Å². The van der Waals surface area contributed by atoms with E-state index in [1.165, 1.54) is 0 Å². The molecule has 0 spiro atoms. The Balaban J connectivity index is 2.60. The van der Waals surface area contributed by atoms with Gasteiger partial charge in [0, 0.05) is 0 Å². The van der Waals surface area contributed by atoms with Gasteiger partial charge >= 0.3 is 0 Å². The van der Waals surface area contributed by atoms with E-state index in [0.29, 0.717) is 0 Å². The third kappa shape index (κ3) is 5.45. The van der Waals surface area contributed by atoms with Crippen molar-refractivity contribution in [3.05, 3.63) is 0 Å². The molecule has 0 bridgehead atoms. The molecule has 0 saturated carbocycles. The zero-order valence-electron chi connectivity index (χ0n) is 3.98. The minimum Gasteiger partial charge on any atom is -0.366 e. The number of terminal acetylenes is 1. The molecule has 0 aromatic rings. The van der Waals surface area contributed by atoms with Crippen molar-refractivity contribution in [2.75, 3.05) is 19.9 Å². The lowest BCUT2D eigenvalue weighted by Crippen LogP contribution is -1.94. The van der Waals surface area contributed by atoms with Crippen LogP contribution in [-0.2, 0) is 4.74 Å². The van der Waals surface area contributed by atoms with Gasteiger partial charge in [0.1, 0.15) is 13.3 Å². The maximum absolute atomic E-state index is 11.1. The van der Waals surface area contributed by atoms with E-state index in [4.69, 9.17) is 6.42 Å². The van der Waals surface area contributed by atoms with Crippen molar-refractivity contribution in [3.8, 4) is 12.3 Å². The molecular weight excluding hydrogens is 95.1 g/mol. The Morgan fingerprint density at radius 3 is 2.86 bits per heavy atom. The first kappa shape index (κ1) is 6.45. The molecule has 0 fully saturated rings. The summed E-state index contributed by atoms with van der Waals surface area (Å²) in [6.45, 7) is -0.129. The van der Waals surface area contributed by atoms with Gasteiger partial charge in [-0.2, -0.15) is 0 Å². The summed E-state index contributed by atoms with van der Waals surface area (Å²) >= 11 is 0. The van der Waals surface area contributed by atoms with Crippen LogP contribution in [0.5, 0.6) is 0 Å². The Kier molecular flexibility index (Phi) is 5.02. The van der Waals surface area contributed by atoms with Crippen molar-refractivity contribution in [3.63, 3.8) is 0 Å². The maximum atomic E-state index is 11.1. The van der Waals surface area contributed by atoms with Gasteiger partial charge in [0.2, 0.25) is 0 Å². The molecule has 0 aliphatic carbocycles. The number of hydrogen-bond donors (Lipinski definition) is 0. The van der Waals surface area contributed by atoms with Crippen molar-refractivity contribution in [2.45, 2.75) is 0 Å². The standard InChI is InChI=1S/C5H7FO/c1-2-4-7-5-3-6/h1H,3-5H2. The Labute approximate surface area is 42.5 Å². The summed E-state index contributed by atoms with van der Waals surface area (Å²) in [5.41, 5.74) is 0. The zero-order chi connectivity index (χ0) is 5.54. The molecule has 0 amide bonds. The van der Waals surface area contributed by atoms with Crippen LogP contribution in [-0.4, -0.2) is 19.9 Å². The SMILES string of the molecule is C#CCOCCF. The summed E-state index contributed by atoms with van der Waals surface area (Å²) in [7, 11) is 0. The number of hydrogen-bond acceptors (Lipinski definition) is 1. The Morgan fingerprint density at radius 2 is 2.43 bits per heavy atom. The van der Waals surface area contributed by atoms with Crippen LogP contribution in [0.2, 0.25) is 0 Å². The van der Waals surface area contributed by atoms with Gasteiger partial charge in [0.25, 0.3) is 0 Å². The Bertz CT molecular complexity index is 65.0. The van der Waals surface area contributed by atoms with E-state index in [1.54, 1.807) is 0 Å². The summed E-state index contributed by atoms with van der Waals surface area (Å²) in [5.74, 6) is 2.21. The molecule has 1 nitrogen and oxygen atoms in total. The lowest BCUT2D eigenvalue weighted by Gasteiger charge is -1.89. The van der Waals surface area contributed by atoms with Crippen molar-refractivity contribution in [1.82, 2.24) is 0 Å². The molecule has 0 aliphatic heterocycles. The lowest BCUT2D eigenvalue weighted by molar-refractivity contribution is 0.148. The number of rotatable bonds is 3. The smallest absolute Gasteiger partial charge is 0.113 e. The predicted molar refractivity (Wildman–Crippen MR) is 25.6 cm³/mol. The fourth-order valence-electron chi connectivity index (χ4n) is 0.186. The van der Waals surface area contributed by atoms with E-state index in [9.17, 15) is 4.39 Å². The van der Waals surface area contributed by atoms with Crippen LogP contribution in [0, 0.1) is 12.3 Å². The summed E-state index contributed by atoms with van der Waals surface area (Å²) in [6.07, 6.45) is 4.77. The molecule has 0 aromatic heterocycles. The normalized spacial score (nSPS) is 8.00. The molecule has 0 saturated heterocycles. The Hall–Kier alpha value is -0.550. The maximum Gasteiger partial charge on any atom is 0.113 e. The summed E-state index contributed by atoms with van der Waals surface area (Å²) < 4.78 is 15.6. The molecule has 0 radical (unpaired) electrons. The van der Waals surface area contributed by atoms with Crippen LogP contribution < -0.4 is 0 Å².